The van der Waals surface area contributed by atoms with E-state index in [0.717, 1.165) is 19.0 Å². The summed E-state index contributed by atoms with van der Waals surface area (Å²) in [6.07, 6.45) is 0.728. The molecule has 1 N–H and O–H groups in total. The molecule has 0 heterocycles. The molecule has 0 radical (unpaired) electrons. The van der Waals surface area contributed by atoms with Gasteiger partial charge in [-0.25, -0.2) is 4.39 Å². The highest BCUT2D eigenvalue weighted by Gasteiger charge is 2.18. The molecule has 0 aliphatic carbocycles. The van der Waals surface area contributed by atoms with Gasteiger partial charge in [0.1, 0.15) is 5.82 Å². The Morgan fingerprint density at radius 2 is 2.16 bits per heavy atom. The van der Waals surface area contributed by atoms with Crippen molar-refractivity contribution in [1.82, 2.24) is 5.32 Å². The maximum absolute atomic E-state index is 13.3. The Morgan fingerprint density at radius 1 is 1.47 bits per heavy atom. The minimum absolute atomic E-state index is 0.119. The third kappa shape index (κ3) is 4.82. The van der Waals surface area contributed by atoms with Crippen LogP contribution in [-0.2, 0) is 0 Å². The van der Waals surface area contributed by atoms with Crippen LogP contribution in [0.25, 0.3) is 0 Å². The van der Waals surface area contributed by atoms with Crippen LogP contribution in [0.15, 0.2) is 12.1 Å². The first kappa shape index (κ1) is 15.4. The molecule has 106 valence electrons. The average Bonchev–Trinajstić information content (AvgIpc) is 2.32. The van der Waals surface area contributed by atoms with Crippen LogP contribution in [0.5, 0.6) is 5.75 Å². The van der Waals surface area contributed by atoms with E-state index in [9.17, 15) is 14.5 Å². The van der Waals surface area contributed by atoms with E-state index in [0.29, 0.717) is 18.2 Å². The fraction of sp³-hybridized carbons (Fsp3) is 0.538. The van der Waals surface area contributed by atoms with Crippen LogP contribution in [0.3, 0.4) is 0 Å². The van der Waals surface area contributed by atoms with E-state index in [1.54, 1.807) is 6.92 Å². The second-order valence-corrected chi connectivity index (χ2v) is 4.64. The number of benzene rings is 1. The number of ether oxygens (including phenoxy) is 1. The van der Waals surface area contributed by atoms with Crippen molar-refractivity contribution < 1.29 is 14.1 Å². The molecule has 0 atom stereocenters. The number of halogens is 1. The standard InChI is InChI=1S/C13H19FN2O3/c1-9(2)15-5-4-6-19-13-7-10(3)11(14)8-12(13)16(17)18/h7-9,15H,4-6H2,1-3H3. The Labute approximate surface area is 111 Å². The minimum Gasteiger partial charge on any atom is -0.487 e. The lowest BCUT2D eigenvalue weighted by molar-refractivity contribution is -0.386. The maximum Gasteiger partial charge on any atom is 0.313 e. The Kier molecular flexibility index (Phi) is 5.69. The van der Waals surface area contributed by atoms with Crippen LogP contribution in [0, 0.1) is 22.9 Å². The molecule has 0 bridgehead atoms. The predicted octanol–water partition coefficient (Wildman–Crippen LogP) is 2.81. The molecule has 0 saturated heterocycles. The zero-order valence-corrected chi connectivity index (χ0v) is 11.4. The van der Waals surface area contributed by atoms with Gasteiger partial charge in [-0.2, -0.15) is 0 Å². The lowest BCUT2D eigenvalue weighted by Gasteiger charge is -2.10. The largest absolute Gasteiger partial charge is 0.487 e. The summed E-state index contributed by atoms with van der Waals surface area (Å²) in [7, 11) is 0. The van der Waals surface area contributed by atoms with Crippen molar-refractivity contribution in [2.75, 3.05) is 13.2 Å². The van der Waals surface area contributed by atoms with Crippen molar-refractivity contribution in [2.24, 2.45) is 0 Å². The van der Waals surface area contributed by atoms with Gasteiger partial charge in [0.2, 0.25) is 0 Å². The van der Waals surface area contributed by atoms with Gasteiger partial charge in [-0.05, 0) is 31.5 Å². The SMILES string of the molecule is Cc1cc(OCCCNC(C)C)c([N+](=O)[O-])cc1F. The summed E-state index contributed by atoms with van der Waals surface area (Å²) in [5.41, 5.74) is 0.000763. The van der Waals surface area contributed by atoms with Crippen molar-refractivity contribution in [3.63, 3.8) is 0 Å². The molecule has 19 heavy (non-hydrogen) atoms. The summed E-state index contributed by atoms with van der Waals surface area (Å²) >= 11 is 0. The molecule has 0 spiro atoms. The van der Waals surface area contributed by atoms with Gasteiger partial charge in [-0.15, -0.1) is 0 Å². The van der Waals surface area contributed by atoms with Crippen molar-refractivity contribution >= 4 is 5.69 Å². The predicted molar refractivity (Wildman–Crippen MR) is 71.0 cm³/mol. The first-order chi connectivity index (χ1) is 8.91. The van der Waals surface area contributed by atoms with Gasteiger partial charge < -0.3 is 10.1 Å². The number of nitro benzene ring substituents is 1. The quantitative estimate of drug-likeness (QED) is 0.470. The van der Waals surface area contributed by atoms with E-state index >= 15 is 0 Å². The number of rotatable bonds is 7. The third-order valence-electron chi connectivity index (χ3n) is 2.57. The summed E-state index contributed by atoms with van der Waals surface area (Å²) in [5, 5.41) is 14.0. The Hall–Kier alpha value is -1.69. The van der Waals surface area contributed by atoms with Crippen molar-refractivity contribution in [1.29, 1.82) is 0 Å². The fourth-order valence-electron chi connectivity index (χ4n) is 1.55. The Balaban J connectivity index is 2.62. The zero-order valence-electron chi connectivity index (χ0n) is 11.4. The Morgan fingerprint density at radius 3 is 2.74 bits per heavy atom. The van der Waals surface area contributed by atoms with Crippen molar-refractivity contribution in [3.8, 4) is 5.75 Å². The highest BCUT2D eigenvalue weighted by atomic mass is 19.1. The second-order valence-electron chi connectivity index (χ2n) is 4.64. The lowest BCUT2D eigenvalue weighted by atomic mass is 10.2. The van der Waals surface area contributed by atoms with Crippen LogP contribution in [0.1, 0.15) is 25.8 Å². The number of hydrogen-bond acceptors (Lipinski definition) is 4. The van der Waals surface area contributed by atoms with E-state index in [4.69, 9.17) is 4.74 Å². The summed E-state index contributed by atoms with van der Waals surface area (Å²) in [5.74, 6) is -0.478. The maximum atomic E-state index is 13.3. The van der Waals surface area contributed by atoms with Crippen LogP contribution < -0.4 is 10.1 Å². The molecule has 0 aliphatic rings. The summed E-state index contributed by atoms with van der Waals surface area (Å²) < 4.78 is 18.6. The topological polar surface area (TPSA) is 64.4 Å². The smallest absolute Gasteiger partial charge is 0.313 e. The van der Waals surface area contributed by atoms with Crippen LogP contribution in [0.4, 0.5) is 10.1 Å². The fourth-order valence-corrected chi connectivity index (χ4v) is 1.55. The van der Waals surface area contributed by atoms with Gasteiger partial charge in [0.05, 0.1) is 17.6 Å². The lowest BCUT2D eigenvalue weighted by Crippen LogP contribution is -2.24. The van der Waals surface area contributed by atoms with E-state index < -0.39 is 10.7 Å². The molecular weight excluding hydrogens is 251 g/mol. The number of aryl methyl sites for hydroxylation is 1. The minimum atomic E-state index is -0.635. The van der Waals surface area contributed by atoms with Gasteiger partial charge >= 0.3 is 5.69 Å². The second kappa shape index (κ2) is 7.04. The molecule has 0 saturated carbocycles. The highest BCUT2D eigenvalue weighted by molar-refractivity contribution is 5.48. The molecule has 0 aromatic heterocycles. The summed E-state index contributed by atoms with van der Waals surface area (Å²) in [6, 6.07) is 2.66. The van der Waals surface area contributed by atoms with Crippen LogP contribution >= 0.6 is 0 Å². The monoisotopic (exact) mass is 270 g/mol. The molecule has 0 aliphatic heterocycles. The van der Waals surface area contributed by atoms with Crippen molar-refractivity contribution in [3.05, 3.63) is 33.6 Å². The summed E-state index contributed by atoms with van der Waals surface area (Å²) in [6.45, 7) is 6.74. The summed E-state index contributed by atoms with van der Waals surface area (Å²) in [4.78, 5) is 10.2. The number of nitro groups is 1. The molecule has 1 rings (SSSR count). The van der Waals surface area contributed by atoms with Gasteiger partial charge in [0.15, 0.2) is 5.75 Å². The first-order valence-corrected chi connectivity index (χ1v) is 6.22. The van der Waals surface area contributed by atoms with E-state index in [1.165, 1.54) is 6.07 Å². The molecule has 1 aromatic rings. The highest BCUT2D eigenvalue weighted by Crippen LogP contribution is 2.29. The third-order valence-corrected chi connectivity index (χ3v) is 2.57. The van der Waals surface area contributed by atoms with Gasteiger partial charge in [-0.1, -0.05) is 13.8 Å². The van der Waals surface area contributed by atoms with Crippen LogP contribution in [0.2, 0.25) is 0 Å². The Bertz CT molecular complexity index is 450. The molecule has 6 heteroatoms. The molecule has 0 amide bonds. The van der Waals surface area contributed by atoms with E-state index in [1.807, 2.05) is 13.8 Å². The van der Waals surface area contributed by atoms with Gasteiger partial charge in [0.25, 0.3) is 0 Å². The number of hydrogen-bond donors (Lipinski definition) is 1. The van der Waals surface area contributed by atoms with Crippen molar-refractivity contribution in [2.45, 2.75) is 33.2 Å². The van der Waals surface area contributed by atoms with Gasteiger partial charge in [-0.3, -0.25) is 10.1 Å². The normalized spacial score (nSPS) is 10.8. The molecule has 1 aromatic carbocycles. The van der Waals surface area contributed by atoms with E-state index in [2.05, 4.69) is 5.32 Å². The van der Waals surface area contributed by atoms with E-state index in [-0.39, 0.29) is 11.4 Å². The zero-order chi connectivity index (χ0) is 14.4. The number of nitrogens with zero attached hydrogens (tertiary/aromatic N) is 1. The first-order valence-electron chi connectivity index (χ1n) is 6.22. The molecule has 5 nitrogen and oxygen atoms in total. The average molecular weight is 270 g/mol. The molecule has 0 unspecified atom stereocenters. The van der Waals surface area contributed by atoms with Gasteiger partial charge in [0, 0.05) is 6.04 Å². The molecule has 0 fully saturated rings. The van der Waals surface area contributed by atoms with Crippen LogP contribution in [-0.4, -0.2) is 24.1 Å². The molecular formula is C13H19FN2O3. The number of nitrogens with one attached hydrogen (secondary N) is 1.